The monoisotopic (exact) mass is 383 g/mol. The van der Waals surface area contributed by atoms with E-state index in [0.29, 0.717) is 0 Å². The minimum atomic E-state index is -4.46. The molecule has 1 amide bonds. The quantitative estimate of drug-likeness (QED) is 0.627. The number of carbonyl (C=O) groups excluding carboxylic acids is 2. The van der Waals surface area contributed by atoms with Gasteiger partial charge in [0.25, 0.3) is 5.91 Å². The Morgan fingerprint density at radius 2 is 1.75 bits per heavy atom. The summed E-state index contributed by atoms with van der Waals surface area (Å²) in [5, 5.41) is 2.37. The summed E-state index contributed by atoms with van der Waals surface area (Å²) in [4.78, 5) is 23.9. The number of hydrogen-bond acceptors (Lipinski definition) is 3. The van der Waals surface area contributed by atoms with E-state index in [1.165, 1.54) is 13.8 Å². The summed E-state index contributed by atoms with van der Waals surface area (Å²) in [6, 6.07) is 3.90. The lowest BCUT2D eigenvalue weighted by Crippen LogP contribution is -2.33. The van der Waals surface area contributed by atoms with Crippen molar-refractivity contribution < 1.29 is 27.5 Å². The van der Waals surface area contributed by atoms with Crippen molar-refractivity contribution in [3.05, 3.63) is 29.8 Å². The molecule has 4 nitrogen and oxygen atoms in total. The van der Waals surface area contributed by atoms with Gasteiger partial charge in [-0.3, -0.25) is 9.59 Å². The highest BCUT2D eigenvalue weighted by atomic mass is 35.5. The zero-order valence-corrected chi connectivity index (χ0v) is 14.2. The lowest BCUT2D eigenvalue weighted by Gasteiger charge is -2.17. The Bertz CT molecular complexity index is 661. The van der Waals surface area contributed by atoms with Crippen LogP contribution in [0, 0.1) is 5.41 Å². The molecule has 1 N–H and O–H groups in total. The Labute approximate surface area is 146 Å². The van der Waals surface area contributed by atoms with Gasteiger partial charge in [0.1, 0.15) is 9.75 Å². The summed E-state index contributed by atoms with van der Waals surface area (Å²) in [6.07, 6.45) is -5.39. The molecule has 0 bridgehead atoms. The first-order chi connectivity index (χ1) is 10.9. The number of hydrogen-bond donors (Lipinski definition) is 1. The van der Waals surface area contributed by atoms with Gasteiger partial charge < -0.3 is 10.1 Å². The second-order valence-corrected chi connectivity index (χ2v) is 7.31. The lowest BCUT2D eigenvalue weighted by atomic mass is 10.1. The van der Waals surface area contributed by atoms with Gasteiger partial charge in [-0.1, -0.05) is 0 Å². The maximum absolute atomic E-state index is 12.5. The van der Waals surface area contributed by atoms with E-state index in [4.69, 9.17) is 27.9 Å². The highest BCUT2D eigenvalue weighted by Crippen LogP contribution is 2.64. The van der Waals surface area contributed by atoms with Crippen LogP contribution in [0.4, 0.5) is 18.9 Å². The van der Waals surface area contributed by atoms with Gasteiger partial charge in [0.2, 0.25) is 0 Å². The van der Waals surface area contributed by atoms with Gasteiger partial charge >= 0.3 is 12.1 Å². The molecular formula is C15H14Cl2F3NO3. The van der Waals surface area contributed by atoms with Crippen molar-refractivity contribution in [3.8, 4) is 0 Å². The van der Waals surface area contributed by atoms with Crippen molar-refractivity contribution in [2.45, 2.75) is 36.9 Å². The first kappa shape index (κ1) is 18.9. The Morgan fingerprint density at radius 1 is 1.25 bits per heavy atom. The summed E-state index contributed by atoms with van der Waals surface area (Å²) >= 11 is 11.7. The third-order valence-corrected chi connectivity index (χ3v) is 4.94. The average Bonchev–Trinajstić information content (AvgIpc) is 2.98. The molecule has 0 heterocycles. The van der Waals surface area contributed by atoms with E-state index in [1.807, 2.05) is 0 Å². The molecule has 2 atom stereocenters. The topological polar surface area (TPSA) is 55.4 Å². The third-order valence-electron chi connectivity index (χ3n) is 3.84. The number of esters is 1. The molecule has 2 rings (SSSR count). The number of carbonyl (C=O) groups is 2. The van der Waals surface area contributed by atoms with Crippen LogP contribution >= 0.6 is 23.2 Å². The maximum Gasteiger partial charge on any atom is 0.416 e. The van der Waals surface area contributed by atoms with Crippen LogP contribution in [-0.4, -0.2) is 22.3 Å². The van der Waals surface area contributed by atoms with E-state index in [0.717, 1.165) is 24.3 Å². The minimum Gasteiger partial charge on any atom is -0.452 e. The van der Waals surface area contributed by atoms with E-state index in [2.05, 4.69) is 5.32 Å². The first-order valence-electron chi connectivity index (χ1n) is 6.94. The number of amides is 1. The third kappa shape index (κ3) is 3.78. The van der Waals surface area contributed by atoms with Crippen LogP contribution in [0.2, 0.25) is 0 Å². The molecule has 0 spiro atoms. The zero-order valence-electron chi connectivity index (χ0n) is 12.7. The largest absolute Gasteiger partial charge is 0.452 e. The molecule has 132 valence electrons. The SMILES string of the molecule is C[C@H](OC(=O)[C@]1(C)CC1(Cl)Cl)C(=O)Nc1ccc(C(F)(F)F)cc1. The van der Waals surface area contributed by atoms with Crippen molar-refractivity contribution in [2.24, 2.45) is 5.41 Å². The smallest absolute Gasteiger partial charge is 0.416 e. The zero-order chi connectivity index (χ0) is 18.3. The first-order valence-corrected chi connectivity index (χ1v) is 7.69. The Hall–Kier alpha value is -1.47. The highest BCUT2D eigenvalue weighted by Gasteiger charge is 2.69. The Morgan fingerprint density at radius 3 is 2.17 bits per heavy atom. The molecule has 1 fully saturated rings. The van der Waals surface area contributed by atoms with Crippen LogP contribution in [0.3, 0.4) is 0 Å². The number of alkyl halides is 5. The number of halogens is 5. The van der Waals surface area contributed by atoms with Crippen LogP contribution in [0.25, 0.3) is 0 Å². The molecule has 1 aliphatic carbocycles. The summed E-state index contributed by atoms with van der Waals surface area (Å²) in [5.74, 6) is -1.38. The molecule has 0 unspecified atom stereocenters. The van der Waals surface area contributed by atoms with Crippen LogP contribution < -0.4 is 5.32 Å². The number of anilines is 1. The van der Waals surface area contributed by atoms with Crippen LogP contribution in [0.1, 0.15) is 25.8 Å². The van der Waals surface area contributed by atoms with Gasteiger partial charge in [0, 0.05) is 12.1 Å². The molecular weight excluding hydrogens is 370 g/mol. The molecule has 0 radical (unpaired) electrons. The van der Waals surface area contributed by atoms with Crippen molar-refractivity contribution in [3.63, 3.8) is 0 Å². The van der Waals surface area contributed by atoms with Crippen LogP contribution in [-0.2, 0) is 20.5 Å². The fourth-order valence-electron chi connectivity index (χ4n) is 1.95. The molecule has 0 aliphatic heterocycles. The summed E-state index contributed by atoms with van der Waals surface area (Å²) < 4.78 is 41.2. The number of rotatable bonds is 4. The van der Waals surface area contributed by atoms with Crippen molar-refractivity contribution in [1.82, 2.24) is 0 Å². The fraction of sp³-hybridized carbons (Fsp3) is 0.467. The second-order valence-electron chi connectivity index (χ2n) is 5.83. The predicted molar refractivity (Wildman–Crippen MR) is 82.8 cm³/mol. The van der Waals surface area contributed by atoms with Gasteiger partial charge in [0.15, 0.2) is 6.10 Å². The molecule has 0 aromatic heterocycles. The van der Waals surface area contributed by atoms with E-state index in [-0.39, 0.29) is 12.1 Å². The van der Waals surface area contributed by atoms with Gasteiger partial charge in [-0.2, -0.15) is 13.2 Å². The van der Waals surface area contributed by atoms with Crippen molar-refractivity contribution in [1.29, 1.82) is 0 Å². The van der Waals surface area contributed by atoms with Gasteiger partial charge in [-0.05, 0) is 38.1 Å². The summed E-state index contributed by atoms with van der Waals surface area (Å²) in [5.41, 5.74) is -1.75. The number of nitrogens with one attached hydrogen (secondary N) is 1. The van der Waals surface area contributed by atoms with Crippen molar-refractivity contribution >= 4 is 40.8 Å². The second kappa shape index (κ2) is 6.11. The lowest BCUT2D eigenvalue weighted by molar-refractivity contribution is -0.158. The standard InChI is InChI=1S/C15H14Cl2F3NO3/c1-8(24-12(23)13(2)7-14(13,16)17)11(22)21-10-5-3-9(4-6-10)15(18,19)20/h3-6,8H,7H2,1-2H3,(H,21,22)/t8-,13-/m0/s1. The molecule has 24 heavy (non-hydrogen) atoms. The summed E-state index contributed by atoms with van der Waals surface area (Å²) in [6.45, 7) is 2.86. The fourth-order valence-corrected chi connectivity index (χ4v) is 2.64. The van der Waals surface area contributed by atoms with Crippen LogP contribution in [0.5, 0.6) is 0 Å². The molecule has 1 saturated carbocycles. The predicted octanol–water partition coefficient (Wildman–Crippen LogP) is 4.16. The van der Waals surface area contributed by atoms with E-state index < -0.39 is 39.5 Å². The van der Waals surface area contributed by atoms with Crippen LogP contribution in [0.15, 0.2) is 24.3 Å². The molecule has 9 heteroatoms. The average molecular weight is 384 g/mol. The van der Waals surface area contributed by atoms with Crippen molar-refractivity contribution in [2.75, 3.05) is 5.32 Å². The molecule has 1 aliphatic rings. The van der Waals surface area contributed by atoms with Gasteiger partial charge in [-0.15, -0.1) is 23.2 Å². The van der Waals surface area contributed by atoms with Gasteiger partial charge in [0.05, 0.1) is 5.56 Å². The normalized spacial score (nSPS) is 23.3. The maximum atomic E-state index is 12.5. The Kier molecular flexibility index (Phi) is 4.80. The molecule has 0 saturated heterocycles. The number of benzene rings is 1. The highest BCUT2D eigenvalue weighted by molar-refractivity contribution is 6.53. The number of ether oxygens (including phenoxy) is 1. The van der Waals surface area contributed by atoms with E-state index in [1.54, 1.807) is 0 Å². The Balaban J connectivity index is 1.94. The minimum absolute atomic E-state index is 0.151. The van der Waals surface area contributed by atoms with E-state index >= 15 is 0 Å². The van der Waals surface area contributed by atoms with E-state index in [9.17, 15) is 22.8 Å². The molecule has 1 aromatic carbocycles. The summed E-state index contributed by atoms with van der Waals surface area (Å²) in [7, 11) is 0. The van der Waals surface area contributed by atoms with Gasteiger partial charge in [-0.25, -0.2) is 0 Å². The molecule has 1 aromatic rings.